The molecule has 0 saturated heterocycles. The Hall–Kier alpha value is -1.80. The Bertz CT molecular complexity index is 442. The Morgan fingerprint density at radius 2 is 1.75 bits per heavy atom. The molecule has 0 unspecified atom stereocenters. The number of nitrogens with zero attached hydrogens (tertiary/aromatic N) is 3. The first-order valence-electron chi connectivity index (χ1n) is 3.70. The lowest BCUT2D eigenvalue weighted by molar-refractivity contribution is 0.368. The van der Waals surface area contributed by atoms with Crippen molar-refractivity contribution >= 4 is 24.5 Å². The van der Waals surface area contributed by atoms with Gasteiger partial charge in [0.25, 0.3) is 0 Å². The van der Waals surface area contributed by atoms with Crippen molar-refractivity contribution in [3.63, 3.8) is 0 Å². The smallest absolute Gasteiger partial charge is 0.418 e. The maximum atomic E-state index is 9.75. The molecule has 0 amide bonds. The minimum atomic E-state index is -6.00. The molecule has 1 aromatic rings. The summed E-state index contributed by atoms with van der Waals surface area (Å²) in [5, 5.41) is 17.0. The Balaban J connectivity index is 0.000000385. The molecule has 0 heterocycles. The maximum Gasteiger partial charge on any atom is 0.673 e. The molecule has 0 fully saturated rings. The molecule has 0 aliphatic rings. The second-order valence-corrected chi connectivity index (χ2v) is 2.78. The third-order valence-electron chi connectivity index (χ3n) is 1.18. The fourth-order valence-electron chi connectivity index (χ4n) is 0.658. The van der Waals surface area contributed by atoms with Crippen LogP contribution in [0.1, 0.15) is 5.56 Å². The molecule has 1 rings (SSSR count). The average Bonchev–Trinajstić information content (AvgIpc) is 2.15. The third kappa shape index (κ3) is 6.63. The molecule has 0 bridgehead atoms. The lowest BCUT2D eigenvalue weighted by Crippen LogP contribution is -2.02. The first-order valence-corrected chi connectivity index (χ1v) is 4.08. The van der Waals surface area contributed by atoms with Gasteiger partial charge in [-0.1, -0.05) is 11.6 Å². The van der Waals surface area contributed by atoms with Gasteiger partial charge in [0.1, 0.15) is 5.02 Å². The molecule has 0 aromatic heterocycles. The van der Waals surface area contributed by atoms with Crippen LogP contribution in [0.4, 0.5) is 23.0 Å². The highest BCUT2D eigenvalue weighted by molar-refractivity contribution is 6.50. The van der Waals surface area contributed by atoms with Gasteiger partial charge in [-0.05, 0) is 12.1 Å². The molecular formula is C7H3BClF4N3. The topological polar surface area (TPSA) is 51.9 Å². The van der Waals surface area contributed by atoms with Crippen molar-refractivity contribution in [2.75, 3.05) is 0 Å². The summed E-state index contributed by atoms with van der Waals surface area (Å²) in [6, 6.07) is 6.35. The predicted molar refractivity (Wildman–Crippen MR) is 51.1 cm³/mol. The van der Waals surface area contributed by atoms with Crippen LogP contribution in [0.15, 0.2) is 18.2 Å². The van der Waals surface area contributed by atoms with Gasteiger partial charge in [-0.25, -0.2) is 0 Å². The Labute approximate surface area is 93.0 Å². The van der Waals surface area contributed by atoms with Gasteiger partial charge in [-0.3, -0.25) is 0 Å². The number of diazo groups is 1. The quantitative estimate of drug-likeness (QED) is 0.397. The summed E-state index contributed by atoms with van der Waals surface area (Å²) in [6.07, 6.45) is 0. The molecular weight excluding hydrogens is 248 g/mol. The van der Waals surface area contributed by atoms with Gasteiger partial charge in [0, 0.05) is 6.07 Å². The first kappa shape index (κ1) is 14.2. The Morgan fingerprint density at radius 3 is 2.06 bits per heavy atom. The lowest BCUT2D eigenvalue weighted by atomic mass is 10.2. The number of benzene rings is 1. The van der Waals surface area contributed by atoms with Crippen molar-refractivity contribution in [2.24, 2.45) is 0 Å². The van der Waals surface area contributed by atoms with Gasteiger partial charge in [0.05, 0.1) is 11.6 Å². The predicted octanol–water partition coefficient (Wildman–Crippen LogP) is 4.00. The van der Waals surface area contributed by atoms with Crippen molar-refractivity contribution in [2.45, 2.75) is 0 Å². The summed E-state index contributed by atoms with van der Waals surface area (Å²) < 4.78 is 39.0. The highest BCUT2D eigenvalue weighted by Crippen LogP contribution is 2.25. The van der Waals surface area contributed by atoms with Crippen molar-refractivity contribution < 1.29 is 17.3 Å². The molecule has 0 aliphatic carbocycles. The highest BCUT2D eigenvalue weighted by atomic mass is 35.5. The van der Waals surface area contributed by atoms with Crippen molar-refractivity contribution in [3.8, 4) is 6.07 Å². The zero-order chi connectivity index (χ0) is 12.8. The fraction of sp³-hybridized carbons (Fsp3) is 0. The average molecular weight is 251 g/mol. The van der Waals surface area contributed by atoms with Gasteiger partial charge in [0.2, 0.25) is 5.39 Å². The van der Waals surface area contributed by atoms with E-state index < -0.39 is 7.25 Å². The number of halogens is 5. The van der Waals surface area contributed by atoms with Crippen LogP contribution in [-0.4, -0.2) is 7.25 Å². The van der Waals surface area contributed by atoms with E-state index in [1.54, 1.807) is 0 Å². The number of nitriles is 1. The monoisotopic (exact) mass is 251 g/mol. The van der Waals surface area contributed by atoms with Crippen LogP contribution in [0.5, 0.6) is 0 Å². The van der Waals surface area contributed by atoms with Gasteiger partial charge >= 0.3 is 12.9 Å². The molecule has 84 valence electrons. The summed E-state index contributed by atoms with van der Waals surface area (Å²) in [5.41, 5.74) is 0.716. The molecule has 0 atom stereocenters. The van der Waals surface area contributed by atoms with E-state index in [1.807, 2.05) is 6.07 Å². The van der Waals surface area contributed by atoms with E-state index in [9.17, 15) is 17.3 Å². The molecule has 9 heteroatoms. The first-order chi connectivity index (χ1) is 7.27. The molecule has 0 aliphatic heterocycles. The number of hydrogen-bond donors (Lipinski definition) is 0. The fourth-order valence-corrected chi connectivity index (χ4v) is 0.876. The second kappa shape index (κ2) is 5.94. The molecule has 1 aromatic carbocycles. The zero-order valence-corrected chi connectivity index (χ0v) is 8.30. The minimum absolute atomic E-state index is 0.269. The second-order valence-electron chi connectivity index (χ2n) is 2.37. The zero-order valence-electron chi connectivity index (χ0n) is 7.54. The van der Waals surface area contributed by atoms with Gasteiger partial charge < -0.3 is 17.3 Å². The van der Waals surface area contributed by atoms with E-state index in [0.717, 1.165) is 0 Å². The van der Waals surface area contributed by atoms with Crippen molar-refractivity contribution in [1.29, 1.82) is 10.7 Å². The summed E-state index contributed by atoms with van der Waals surface area (Å²) >= 11 is 5.60. The van der Waals surface area contributed by atoms with Crippen molar-refractivity contribution in [1.82, 2.24) is 0 Å². The summed E-state index contributed by atoms with van der Waals surface area (Å²) in [5.74, 6) is 0. The molecule has 16 heavy (non-hydrogen) atoms. The van der Waals surface area contributed by atoms with Gasteiger partial charge in [-0.2, -0.15) is 5.26 Å². The van der Waals surface area contributed by atoms with E-state index in [0.29, 0.717) is 5.56 Å². The van der Waals surface area contributed by atoms with E-state index in [2.05, 4.69) is 4.98 Å². The molecule has 0 N–H and O–H groups in total. The number of hydrogen-bond acceptors (Lipinski definition) is 2. The van der Waals surface area contributed by atoms with Gasteiger partial charge in [0.15, 0.2) is 4.98 Å². The van der Waals surface area contributed by atoms with E-state index in [1.165, 1.54) is 18.2 Å². The van der Waals surface area contributed by atoms with E-state index in [4.69, 9.17) is 22.3 Å². The van der Waals surface area contributed by atoms with Crippen LogP contribution < -0.4 is 0 Å². The van der Waals surface area contributed by atoms with Crippen LogP contribution in [0.2, 0.25) is 5.02 Å². The van der Waals surface area contributed by atoms with Crippen LogP contribution in [0.3, 0.4) is 0 Å². The van der Waals surface area contributed by atoms with Crippen LogP contribution in [0.25, 0.3) is 4.98 Å². The van der Waals surface area contributed by atoms with Crippen molar-refractivity contribution in [3.05, 3.63) is 33.8 Å². The maximum absolute atomic E-state index is 9.75. The largest absolute Gasteiger partial charge is 0.673 e. The summed E-state index contributed by atoms with van der Waals surface area (Å²) in [7, 11) is -6.00. The lowest BCUT2D eigenvalue weighted by Gasteiger charge is -1.94. The normalized spacial score (nSPS) is 9.44. The molecule has 0 spiro atoms. The van der Waals surface area contributed by atoms with Crippen LogP contribution in [0, 0.1) is 16.7 Å². The van der Waals surface area contributed by atoms with Gasteiger partial charge in [-0.15, -0.1) is 0 Å². The summed E-state index contributed by atoms with van der Waals surface area (Å²) in [4.78, 5) is 2.90. The highest BCUT2D eigenvalue weighted by Gasteiger charge is 2.20. The van der Waals surface area contributed by atoms with Crippen LogP contribution in [-0.2, 0) is 0 Å². The SMILES string of the molecule is F[B-](F)(F)F.N#Cc1ccc([N+]#N)c(Cl)c1. The molecule has 0 radical (unpaired) electrons. The van der Waals surface area contributed by atoms with E-state index >= 15 is 0 Å². The summed E-state index contributed by atoms with van der Waals surface area (Å²) in [6.45, 7) is 0. The molecule has 0 saturated carbocycles. The Morgan fingerprint density at radius 1 is 1.25 bits per heavy atom. The van der Waals surface area contributed by atoms with E-state index in [-0.39, 0.29) is 10.7 Å². The standard InChI is InChI=1S/C7H3ClN3.BF4/c8-6-3-5(4-9)1-2-7(6)11-10;2-1(3,4)5/h1-3H;/q+1;-1. The Kier molecular flexibility index (Phi) is 5.27. The number of rotatable bonds is 0. The third-order valence-corrected chi connectivity index (χ3v) is 1.49. The molecule has 3 nitrogen and oxygen atoms in total. The van der Waals surface area contributed by atoms with Crippen LogP contribution >= 0.6 is 11.6 Å². The minimum Gasteiger partial charge on any atom is -0.418 e.